The Balaban J connectivity index is 1.59. The lowest BCUT2D eigenvalue weighted by Crippen LogP contribution is -2.51. The highest BCUT2D eigenvalue weighted by Gasteiger charge is 2.36. The first kappa shape index (κ1) is 13.4. The summed E-state index contributed by atoms with van der Waals surface area (Å²) in [6.45, 7) is 2.03. The molecule has 4 unspecified atom stereocenters. The highest BCUT2D eigenvalue weighted by atomic mass is 16.2. The van der Waals surface area contributed by atoms with Crippen LogP contribution in [0.4, 0.5) is 0 Å². The Morgan fingerprint density at radius 3 is 2.74 bits per heavy atom. The monoisotopic (exact) mass is 265 g/mol. The van der Waals surface area contributed by atoms with Crippen LogP contribution in [0.5, 0.6) is 0 Å². The second kappa shape index (κ2) is 6.23. The van der Waals surface area contributed by atoms with Gasteiger partial charge in [0.15, 0.2) is 0 Å². The van der Waals surface area contributed by atoms with Crippen LogP contribution in [0.15, 0.2) is 0 Å². The highest BCUT2D eigenvalue weighted by molar-refractivity contribution is 5.81. The maximum atomic E-state index is 12.0. The minimum absolute atomic E-state index is 0.0505. The van der Waals surface area contributed by atoms with Crippen molar-refractivity contribution in [3.8, 4) is 0 Å². The average molecular weight is 265 g/mol. The predicted molar refractivity (Wildman–Crippen MR) is 75.9 cm³/mol. The van der Waals surface area contributed by atoms with Gasteiger partial charge in [0.2, 0.25) is 5.91 Å². The van der Waals surface area contributed by atoms with Crippen molar-refractivity contribution >= 4 is 5.91 Å². The molecule has 108 valence electrons. The number of rotatable bonds is 3. The Bertz CT molecular complexity index is 315. The zero-order valence-electron chi connectivity index (χ0n) is 11.8. The summed E-state index contributed by atoms with van der Waals surface area (Å²) in [5.41, 5.74) is 0. The standard InChI is InChI=1S/C15H27N3O/c19-15-14(6-1-2-9-17-15)18-13-7-3-5-11(13)12-8-4-10-16-12/h11-14,16,18H,1-10H2,(H,17,19). The summed E-state index contributed by atoms with van der Waals surface area (Å²) < 4.78 is 0. The van der Waals surface area contributed by atoms with Crippen molar-refractivity contribution in [2.75, 3.05) is 13.1 Å². The van der Waals surface area contributed by atoms with Gasteiger partial charge in [0.25, 0.3) is 0 Å². The Morgan fingerprint density at radius 2 is 1.89 bits per heavy atom. The molecule has 2 saturated heterocycles. The molecule has 3 rings (SSSR count). The smallest absolute Gasteiger partial charge is 0.237 e. The van der Waals surface area contributed by atoms with Gasteiger partial charge in [-0.3, -0.25) is 4.79 Å². The molecule has 1 amide bonds. The quantitative estimate of drug-likeness (QED) is 0.718. The number of hydrogen-bond acceptors (Lipinski definition) is 3. The first-order valence-electron chi connectivity index (χ1n) is 8.12. The summed E-state index contributed by atoms with van der Waals surface area (Å²) >= 11 is 0. The van der Waals surface area contributed by atoms with E-state index in [-0.39, 0.29) is 11.9 Å². The first-order chi connectivity index (χ1) is 9.34. The third-order valence-corrected chi connectivity index (χ3v) is 5.14. The normalized spacial score (nSPS) is 40.1. The van der Waals surface area contributed by atoms with Crippen LogP contribution in [0.25, 0.3) is 0 Å². The Kier molecular flexibility index (Phi) is 4.38. The van der Waals surface area contributed by atoms with Gasteiger partial charge in [0.05, 0.1) is 6.04 Å². The Morgan fingerprint density at radius 1 is 0.947 bits per heavy atom. The molecule has 0 spiro atoms. The molecule has 3 fully saturated rings. The third-order valence-electron chi connectivity index (χ3n) is 5.14. The van der Waals surface area contributed by atoms with Crippen LogP contribution in [0.3, 0.4) is 0 Å². The second-order valence-corrected chi connectivity index (χ2v) is 6.41. The minimum Gasteiger partial charge on any atom is -0.355 e. The van der Waals surface area contributed by atoms with Gasteiger partial charge >= 0.3 is 0 Å². The van der Waals surface area contributed by atoms with Crippen LogP contribution in [0.2, 0.25) is 0 Å². The SMILES string of the molecule is O=C1NCCCCC1NC1CCCC1C1CCCN1. The third kappa shape index (κ3) is 3.11. The molecule has 2 heterocycles. The van der Waals surface area contributed by atoms with E-state index in [9.17, 15) is 4.79 Å². The molecule has 4 heteroatoms. The van der Waals surface area contributed by atoms with Gasteiger partial charge in [-0.25, -0.2) is 0 Å². The van der Waals surface area contributed by atoms with E-state index in [4.69, 9.17) is 0 Å². The fourth-order valence-electron chi connectivity index (χ4n) is 4.11. The topological polar surface area (TPSA) is 53.2 Å². The van der Waals surface area contributed by atoms with E-state index < -0.39 is 0 Å². The summed E-state index contributed by atoms with van der Waals surface area (Å²) in [6, 6.07) is 1.28. The molecule has 4 nitrogen and oxygen atoms in total. The van der Waals surface area contributed by atoms with Gasteiger partial charge in [-0.15, -0.1) is 0 Å². The predicted octanol–water partition coefficient (Wildman–Crippen LogP) is 1.17. The molecule has 0 aromatic rings. The lowest BCUT2D eigenvalue weighted by Gasteiger charge is -2.29. The minimum atomic E-state index is 0.0505. The molecular weight excluding hydrogens is 238 g/mol. The molecule has 19 heavy (non-hydrogen) atoms. The van der Waals surface area contributed by atoms with Gasteiger partial charge < -0.3 is 16.0 Å². The van der Waals surface area contributed by atoms with E-state index >= 15 is 0 Å². The summed E-state index contributed by atoms with van der Waals surface area (Å²) in [7, 11) is 0. The van der Waals surface area contributed by atoms with Crippen molar-refractivity contribution < 1.29 is 4.79 Å². The zero-order chi connectivity index (χ0) is 13.1. The lowest BCUT2D eigenvalue weighted by atomic mass is 9.92. The molecule has 4 atom stereocenters. The van der Waals surface area contributed by atoms with Crippen LogP contribution >= 0.6 is 0 Å². The highest BCUT2D eigenvalue weighted by Crippen LogP contribution is 2.32. The van der Waals surface area contributed by atoms with Crippen molar-refractivity contribution in [2.45, 2.75) is 69.5 Å². The van der Waals surface area contributed by atoms with Crippen LogP contribution in [-0.2, 0) is 4.79 Å². The largest absolute Gasteiger partial charge is 0.355 e. The summed E-state index contributed by atoms with van der Waals surface area (Å²) in [4.78, 5) is 12.0. The zero-order valence-corrected chi connectivity index (χ0v) is 11.8. The molecular formula is C15H27N3O. The van der Waals surface area contributed by atoms with Crippen LogP contribution in [-0.4, -0.2) is 37.1 Å². The van der Waals surface area contributed by atoms with Crippen molar-refractivity contribution in [2.24, 2.45) is 5.92 Å². The molecule has 1 aliphatic carbocycles. The van der Waals surface area contributed by atoms with Gasteiger partial charge in [0.1, 0.15) is 0 Å². The second-order valence-electron chi connectivity index (χ2n) is 6.41. The van der Waals surface area contributed by atoms with E-state index in [1.807, 2.05) is 0 Å². The summed E-state index contributed by atoms with van der Waals surface area (Å²) in [6.07, 6.45) is 9.81. The van der Waals surface area contributed by atoms with Crippen LogP contribution in [0, 0.1) is 5.92 Å². The average Bonchev–Trinajstić information content (AvgIpc) is 3.03. The molecule has 2 aliphatic heterocycles. The van der Waals surface area contributed by atoms with Crippen LogP contribution < -0.4 is 16.0 Å². The maximum Gasteiger partial charge on any atom is 0.237 e. The molecule has 3 N–H and O–H groups in total. The van der Waals surface area contributed by atoms with E-state index in [1.54, 1.807) is 0 Å². The number of hydrogen-bond donors (Lipinski definition) is 3. The molecule has 0 radical (unpaired) electrons. The number of carbonyl (C=O) groups excluding carboxylic acids is 1. The van der Waals surface area contributed by atoms with Crippen LogP contribution in [0.1, 0.15) is 51.4 Å². The summed E-state index contributed by atoms with van der Waals surface area (Å²) in [5, 5.41) is 10.4. The van der Waals surface area contributed by atoms with Gasteiger partial charge in [-0.1, -0.05) is 6.42 Å². The maximum absolute atomic E-state index is 12.0. The Hall–Kier alpha value is -0.610. The van der Waals surface area contributed by atoms with Crippen molar-refractivity contribution in [3.63, 3.8) is 0 Å². The van der Waals surface area contributed by atoms with Crippen molar-refractivity contribution in [1.29, 1.82) is 0 Å². The molecule has 1 saturated carbocycles. The van der Waals surface area contributed by atoms with Gasteiger partial charge in [-0.05, 0) is 57.4 Å². The van der Waals surface area contributed by atoms with E-state index in [0.29, 0.717) is 12.1 Å². The molecule has 3 aliphatic rings. The molecule has 0 aromatic carbocycles. The van der Waals surface area contributed by atoms with Gasteiger partial charge in [0, 0.05) is 18.6 Å². The summed E-state index contributed by atoms with van der Waals surface area (Å²) in [5.74, 6) is 0.959. The Labute approximate surface area is 116 Å². The van der Waals surface area contributed by atoms with E-state index in [2.05, 4.69) is 16.0 Å². The fourth-order valence-corrected chi connectivity index (χ4v) is 4.11. The van der Waals surface area contributed by atoms with Crippen molar-refractivity contribution in [3.05, 3.63) is 0 Å². The first-order valence-corrected chi connectivity index (χ1v) is 8.12. The fraction of sp³-hybridized carbons (Fsp3) is 0.933. The van der Waals surface area contributed by atoms with E-state index in [1.165, 1.54) is 38.6 Å². The molecule has 0 aromatic heterocycles. The number of carbonyl (C=O) groups is 1. The van der Waals surface area contributed by atoms with E-state index in [0.717, 1.165) is 31.7 Å². The number of nitrogens with one attached hydrogen (secondary N) is 3. The number of amides is 1. The lowest BCUT2D eigenvalue weighted by molar-refractivity contribution is -0.123. The van der Waals surface area contributed by atoms with Crippen molar-refractivity contribution in [1.82, 2.24) is 16.0 Å². The molecule has 0 bridgehead atoms. The van der Waals surface area contributed by atoms with Gasteiger partial charge in [-0.2, -0.15) is 0 Å².